The highest BCUT2D eigenvalue weighted by Gasteiger charge is 2.61. The molecule has 4 rings (SSSR count). The van der Waals surface area contributed by atoms with Crippen molar-refractivity contribution in [1.29, 1.82) is 0 Å². The molecule has 4 saturated carbocycles. The minimum absolute atomic E-state index is 1.15. The molecule has 2 atom stereocenters. The van der Waals surface area contributed by atoms with E-state index >= 15 is 0 Å². The summed E-state index contributed by atoms with van der Waals surface area (Å²) >= 11 is 0. The van der Waals surface area contributed by atoms with Gasteiger partial charge in [-0.1, -0.05) is 0 Å². The molecule has 4 aliphatic carbocycles. The van der Waals surface area contributed by atoms with E-state index in [1.54, 1.807) is 19.3 Å². The van der Waals surface area contributed by atoms with Gasteiger partial charge in [0, 0.05) is 5.92 Å². The Hall–Kier alpha value is -0.130. The van der Waals surface area contributed by atoms with Crippen molar-refractivity contribution in [1.82, 2.24) is 0 Å². The van der Waals surface area contributed by atoms with Gasteiger partial charge >= 0.3 is 0 Å². The highest BCUT2D eigenvalue weighted by Crippen LogP contribution is 2.63. The summed E-state index contributed by atoms with van der Waals surface area (Å²) in [6, 6.07) is 0. The third-order valence-electron chi connectivity index (χ3n) is 3.64. The average Bonchev–Trinajstić information content (AvgIpc) is 2.68. The second-order valence-corrected chi connectivity index (χ2v) is 4.00. The van der Waals surface area contributed by atoms with Crippen molar-refractivity contribution in [3.8, 4) is 0 Å². The summed E-state index contributed by atoms with van der Waals surface area (Å²) in [5, 5.41) is 0. The van der Waals surface area contributed by atoms with Gasteiger partial charge in [-0.05, 0) is 25.2 Å². The molecule has 0 aromatic heterocycles. The number of hydrogen-bond acceptors (Lipinski definition) is 0. The van der Waals surface area contributed by atoms with Crippen LogP contribution >= 0.6 is 0 Å². The lowest BCUT2D eigenvalue weighted by Crippen LogP contribution is -2.23. The minimum Gasteiger partial charge on any atom is -0.0260 e. The summed E-state index contributed by atoms with van der Waals surface area (Å²) in [7, 11) is 0. The molecule has 0 aromatic carbocycles. The third-order valence-corrected chi connectivity index (χ3v) is 3.64. The number of rotatable bonds is 0. The summed E-state index contributed by atoms with van der Waals surface area (Å²) in [4.78, 5) is 0. The molecule has 0 heterocycles. The zero-order chi connectivity index (χ0) is 5.84. The second-order valence-electron chi connectivity index (χ2n) is 4.00. The molecule has 48 valence electrons. The van der Waals surface area contributed by atoms with Crippen LogP contribution in [0.15, 0.2) is 0 Å². The second kappa shape index (κ2) is 1.31. The lowest BCUT2D eigenvalue weighted by molar-refractivity contribution is 0.264. The summed E-state index contributed by atoms with van der Waals surface area (Å²) < 4.78 is 0. The quantitative estimate of drug-likeness (QED) is 0.432. The van der Waals surface area contributed by atoms with Crippen LogP contribution in [0.5, 0.6) is 0 Å². The molecule has 0 saturated heterocycles. The van der Waals surface area contributed by atoms with E-state index in [1.165, 1.54) is 24.7 Å². The summed E-state index contributed by atoms with van der Waals surface area (Å²) in [5.41, 5.74) is 0. The monoisotopic (exact) mass is 121 g/mol. The first-order valence-corrected chi connectivity index (χ1v) is 4.30. The molecule has 0 unspecified atom stereocenters. The van der Waals surface area contributed by atoms with Crippen molar-refractivity contribution in [2.45, 2.75) is 32.1 Å². The van der Waals surface area contributed by atoms with Crippen LogP contribution < -0.4 is 0 Å². The van der Waals surface area contributed by atoms with Crippen LogP contribution in [0.3, 0.4) is 0 Å². The zero-order valence-electron chi connectivity index (χ0n) is 5.77. The Morgan fingerprint density at radius 2 is 1.89 bits per heavy atom. The van der Waals surface area contributed by atoms with Gasteiger partial charge in [0.2, 0.25) is 0 Å². The molecule has 2 bridgehead atoms. The van der Waals surface area contributed by atoms with E-state index in [2.05, 4.69) is 0 Å². The number of hydrogen-bond donors (Lipinski definition) is 0. The largest absolute Gasteiger partial charge is 0.104 e. The molecule has 0 nitrogen and oxygen atoms in total. The van der Waals surface area contributed by atoms with E-state index in [9.17, 15) is 0 Å². The van der Waals surface area contributed by atoms with Gasteiger partial charge in [0.1, 0.15) is 5.92 Å². The van der Waals surface area contributed by atoms with E-state index < -0.39 is 0 Å². The molecule has 0 amide bonds. The lowest BCUT2D eigenvalue weighted by atomic mass is 9.71. The van der Waals surface area contributed by atoms with Gasteiger partial charge in [-0.25, -0.2) is 0 Å². The molecular formula is C9H13+. The fourth-order valence-corrected chi connectivity index (χ4v) is 3.01. The smallest absolute Gasteiger partial charge is 0.0260 e. The SMILES string of the molecule is C1CC2CC[C+]1[C@@H]1C[C@H]21. The molecule has 0 aliphatic heterocycles. The van der Waals surface area contributed by atoms with Crippen LogP contribution in [0, 0.1) is 23.7 Å². The third kappa shape index (κ3) is 0.476. The standard InChI is InChI=1S/C9H13/c1-2-7-4-3-6(1)8-5-9(7)8/h6,8-9H,1-5H2/q+1/t8-,9+/m1/s1. The lowest BCUT2D eigenvalue weighted by Gasteiger charge is -2.26. The van der Waals surface area contributed by atoms with E-state index in [0.717, 1.165) is 5.92 Å². The highest BCUT2D eigenvalue weighted by molar-refractivity contribution is 5.17. The Kier molecular flexibility index (Phi) is 0.674. The van der Waals surface area contributed by atoms with Crippen LogP contribution in [0.4, 0.5) is 0 Å². The van der Waals surface area contributed by atoms with Crippen molar-refractivity contribution in [2.75, 3.05) is 0 Å². The fourth-order valence-electron chi connectivity index (χ4n) is 3.01. The first kappa shape index (κ1) is 4.65. The van der Waals surface area contributed by atoms with Crippen LogP contribution in [0.2, 0.25) is 0 Å². The average molecular weight is 121 g/mol. The van der Waals surface area contributed by atoms with Crippen molar-refractivity contribution in [3.63, 3.8) is 0 Å². The van der Waals surface area contributed by atoms with Gasteiger partial charge in [0.05, 0.1) is 18.8 Å². The van der Waals surface area contributed by atoms with E-state index in [1.807, 2.05) is 5.92 Å². The van der Waals surface area contributed by atoms with Crippen molar-refractivity contribution in [2.24, 2.45) is 17.8 Å². The Labute approximate surface area is 56.6 Å². The first-order chi connectivity index (χ1) is 4.45. The summed E-state index contributed by atoms with van der Waals surface area (Å²) in [6.45, 7) is 0. The maximum Gasteiger partial charge on any atom is 0.104 e. The normalized spacial score (nSPS) is 53.3. The Balaban J connectivity index is 1.93. The summed E-state index contributed by atoms with van der Waals surface area (Å²) in [6.07, 6.45) is 7.70. The van der Waals surface area contributed by atoms with Gasteiger partial charge < -0.3 is 0 Å². The molecule has 0 N–H and O–H groups in total. The molecule has 0 heteroatoms. The first-order valence-electron chi connectivity index (χ1n) is 4.30. The molecule has 0 aromatic rings. The van der Waals surface area contributed by atoms with Gasteiger partial charge in [-0.15, -0.1) is 0 Å². The zero-order valence-corrected chi connectivity index (χ0v) is 5.77. The van der Waals surface area contributed by atoms with Gasteiger partial charge in [0.25, 0.3) is 0 Å². The topological polar surface area (TPSA) is 0 Å². The molecule has 0 radical (unpaired) electrons. The van der Waals surface area contributed by atoms with Crippen LogP contribution in [-0.2, 0) is 0 Å². The minimum atomic E-state index is 1.15. The van der Waals surface area contributed by atoms with Gasteiger partial charge in [0.15, 0.2) is 0 Å². The van der Waals surface area contributed by atoms with Crippen molar-refractivity contribution >= 4 is 0 Å². The molecule has 4 aliphatic rings. The van der Waals surface area contributed by atoms with E-state index in [0.29, 0.717) is 0 Å². The van der Waals surface area contributed by atoms with E-state index in [-0.39, 0.29) is 0 Å². The van der Waals surface area contributed by atoms with Crippen LogP contribution in [-0.4, -0.2) is 0 Å². The van der Waals surface area contributed by atoms with E-state index in [4.69, 9.17) is 0 Å². The molecule has 0 spiro atoms. The van der Waals surface area contributed by atoms with Crippen LogP contribution in [0.25, 0.3) is 0 Å². The predicted molar refractivity (Wildman–Crippen MR) is 36.8 cm³/mol. The Bertz CT molecular complexity index is 115. The molecule has 4 fully saturated rings. The molecular weight excluding hydrogens is 108 g/mol. The van der Waals surface area contributed by atoms with Crippen molar-refractivity contribution < 1.29 is 0 Å². The summed E-state index contributed by atoms with van der Waals surface area (Å²) in [5.74, 6) is 5.47. The van der Waals surface area contributed by atoms with Gasteiger partial charge in [-0.2, -0.15) is 0 Å². The fraction of sp³-hybridized carbons (Fsp3) is 0.889. The molecule has 9 heavy (non-hydrogen) atoms. The Morgan fingerprint density at radius 3 is 2.33 bits per heavy atom. The Morgan fingerprint density at radius 1 is 1.11 bits per heavy atom. The maximum atomic E-state index is 1.95. The van der Waals surface area contributed by atoms with Crippen molar-refractivity contribution in [3.05, 3.63) is 5.92 Å². The predicted octanol–water partition coefficient (Wildman–Crippen LogP) is 2.40. The van der Waals surface area contributed by atoms with Crippen LogP contribution in [0.1, 0.15) is 32.1 Å². The number of fused-ring (bicyclic) bond motifs is 2. The van der Waals surface area contributed by atoms with Gasteiger partial charge in [-0.3, -0.25) is 0 Å². The maximum absolute atomic E-state index is 1.95. The highest BCUT2D eigenvalue weighted by atomic mass is 14.6.